The van der Waals surface area contributed by atoms with Gasteiger partial charge in [-0.25, -0.2) is 4.98 Å². The average molecular weight is 333 g/mol. The number of thiazole rings is 1. The van der Waals surface area contributed by atoms with Crippen LogP contribution in [0.5, 0.6) is 0 Å². The second kappa shape index (κ2) is 5.72. The molecule has 2 aliphatic rings. The fraction of sp³-hybridized carbons (Fsp3) is 0.562. The first-order chi connectivity index (χ1) is 11.1. The summed E-state index contributed by atoms with van der Waals surface area (Å²) in [5.74, 6) is -0.287. The summed E-state index contributed by atoms with van der Waals surface area (Å²) in [7, 11) is 0. The van der Waals surface area contributed by atoms with Crippen LogP contribution in [0.25, 0.3) is 4.96 Å². The van der Waals surface area contributed by atoms with Crippen molar-refractivity contribution in [3.05, 3.63) is 33.7 Å². The molecule has 1 aliphatic carbocycles. The van der Waals surface area contributed by atoms with Crippen molar-refractivity contribution < 1.29 is 9.90 Å². The lowest BCUT2D eigenvalue weighted by Gasteiger charge is -2.32. The van der Waals surface area contributed by atoms with Crippen LogP contribution in [0, 0.1) is 5.92 Å². The molecule has 2 aromatic rings. The summed E-state index contributed by atoms with van der Waals surface area (Å²) in [5, 5.41) is 11.4. The summed E-state index contributed by atoms with van der Waals surface area (Å²) >= 11 is 1.42. The van der Waals surface area contributed by atoms with E-state index in [2.05, 4.69) is 9.88 Å². The van der Waals surface area contributed by atoms with Crippen LogP contribution in [0.3, 0.4) is 0 Å². The molecule has 1 N–H and O–H groups in total. The van der Waals surface area contributed by atoms with Crippen LogP contribution >= 0.6 is 11.3 Å². The van der Waals surface area contributed by atoms with Crippen LogP contribution in [-0.2, 0) is 11.3 Å². The van der Waals surface area contributed by atoms with Gasteiger partial charge in [-0.3, -0.25) is 18.9 Å². The number of aromatic nitrogens is 2. The highest BCUT2D eigenvalue weighted by atomic mass is 32.1. The predicted molar refractivity (Wildman–Crippen MR) is 86.7 cm³/mol. The van der Waals surface area contributed by atoms with Gasteiger partial charge in [0.25, 0.3) is 5.56 Å². The van der Waals surface area contributed by atoms with Gasteiger partial charge in [-0.1, -0.05) is 12.8 Å². The normalized spacial score (nSPS) is 28.1. The Balaban J connectivity index is 1.66. The van der Waals surface area contributed by atoms with E-state index < -0.39 is 12.0 Å². The zero-order valence-corrected chi connectivity index (χ0v) is 13.5. The van der Waals surface area contributed by atoms with Gasteiger partial charge in [0.2, 0.25) is 0 Å². The van der Waals surface area contributed by atoms with E-state index in [4.69, 9.17) is 0 Å². The molecular weight excluding hydrogens is 314 g/mol. The molecule has 0 unspecified atom stereocenters. The third kappa shape index (κ3) is 2.57. The van der Waals surface area contributed by atoms with Crippen molar-refractivity contribution in [3.63, 3.8) is 0 Å². The number of carboxylic acid groups (broad SMARTS) is 1. The Morgan fingerprint density at radius 2 is 2.22 bits per heavy atom. The number of aliphatic carboxylic acids is 1. The van der Waals surface area contributed by atoms with Crippen molar-refractivity contribution in [3.8, 4) is 0 Å². The van der Waals surface area contributed by atoms with E-state index in [-0.39, 0.29) is 5.56 Å². The van der Waals surface area contributed by atoms with Crippen molar-refractivity contribution in [2.75, 3.05) is 0 Å². The van der Waals surface area contributed by atoms with Crippen LogP contribution in [0.15, 0.2) is 22.4 Å². The van der Waals surface area contributed by atoms with Crippen LogP contribution < -0.4 is 5.56 Å². The lowest BCUT2D eigenvalue weighted by atomic mass is 9.85. The van der Waals surface area contributed by atoms with Crippen molar-refractivity contribution in [2.24, 2.45) is 5.92 Å². The second-order valence-corrected chi connectivity index (χ2v) is 7.39. The van der Waals surface area contributed by atoms with Crippen LogP contribution in [0.2, 0.25) is 0 Å². The number of hydrogen-bond donors (Lipinski definition) is 1. The van der Waals surface area contributed by atoms with Gasteiger partial charge < -0.3 is 5.11 Å². The molecule has 0 radical (unpaired) electrons. The SMILES string of the molecule is O=C(O)[C@@H]1C[C@H]2CCCC[C@@H]2N1Cc1cc(=O)n2ccsc2n1. The minimum Gasteiger partial charge on any atom is -0.480 e. The van der Waals surface area contributed by atoms with Gasteiger partial charge >= 0.3 is 5.97 Å². The fourth-order valence-electron chi connectivity index (χ4n) is 4.18. The molecular formula is C16H19N3O3S. The second-order valence-electron chi connectivity index (χ2n) is 6.52. The largest absolute Gasteiger partial charge is 0.480 e. The highest BCUT2D eigenvalue weighted by Gasteiger charge is 2.45. The first-order valence-electron chi connectivity index (χ1n) is 8.08. The number of likely N-dealkylation sites (tertiary alicyclic amines) is 1. The topological polar surface area (TPSA) is 74.9 Å². The maximum atomic E-state index is 12.1. The molecule has 2 fully saturated rings. The molecule has 1 saturated heterocycles. The van der Waals surface area contributed by atoms with E-state index in [1.54, 1.807) is 6.20 Å². The number of fused-ring (bicyclic) bond motifs is 2. The smallest absolute Gasteiger partial charge is 0.320 e. The average Bonchev–Trinajstić information content (AvgIpc) is 3.13. The van der Waals surface area contributed by atoms with Gasteiger partial charge in [0.05, 0.1) is 5.69 Å². The zero-order valence-electron chi connectivity index (χ0n) is 12.7. The summed E-state index contributed by atoms with van der Waals surface area (Å²) in [6, 6.07) is 1.40. The monoisotopic (exact) mass is 333 g/mol. The quantitative estimate of drug-likeness (QED) is 0.929. The first-order valence-corrected chi connectivity index (χ1v) is 8.96. The van der Waals surface area contributed by atoms with Gasteiger partial charge in [-0.15, -0.1) is 11.3 Å². The molecule has 0 amide bonds. The van der Waals surface area contributed by atoms with Crippen molar-refractivity contribution in [1.82, 2.24) is 14.3 Å². The van der Waals surface area contributed by atoms with Crippen molar-refractivity contribution >= 4 is 22.3 Å². The van der Waals surface area contributed by atoms with E-state index in [0.717, 1.165) is 25.7 Å². The Labute approximate surface area is 137 Å². The minimum absolute atomic E-state index is 0.0995. The van der Waals surface area contributed by atoms with E-state index in [0.29, 0.717) is 29.2 Å². The Bertz CT molecular complexity index is 799. The number of hydrogen-bond acceptors (Lipinski definition) is 5. The molecule has 23 heavy (non-hydrogen) atoms. The molecule has 7 heteroatoms. The van der Waals surface area contributed by atoms with Gasteiger partial charge in [-0.05, 0) is 25.2 Å². The van der Waals surface area contributed by atoms with Crippen LogP contribution in [-0.4, -0.2) is 37.4 Å². The molecule has 0 bridgehead atoms. The van der Waals surface area contributed by atoms with E-state index >= 15 is 0 Å². The molecule has 3 atom stereocenters. The van der Waals surface area contributed by atoms with Crippen molar-refractivity contribution in [1.29, 1.82) is 0 Å². The molecule has 6 nitrogen and oxygen atoms in total. The lowest BCUT2D eigenvalue weighted by Crippen LogP contribution is -2.42. The van der Waals surface area contributed by atoms with E-state index in [1.165, 1.54) is 28.2 Å². The standard InChI is InChI=1S/C16H19N3O3S/c20-14-8-11(17-16-18(14)5-6-23-16)9-19-12-4-2-1-3-10(12)7-13(19)15(21)22/h5-6,8,10,12-13H,1-4,7,9H2,(H,21,22)/t10-,12+,13+/m1/s1. The third-order valence-corrected chi connectivity index (χ3v) is 5.96. The minimum atomic E-state index is -0.756. The summed E-state index contributed by atoms with van der Waals surface area (Å²) < 4.78 is 1.52. The summed E-state index contributed by atoms with van der Waals surface area (Å²) in [6.45, 7) is 0.446. The summed E-state index contributed by atoms with van der Waals surface area (Å²) in [6.07, 6.45) is 6.96. The molecule has 2 aromatic heterocycles. The Kier molecular flexibility index (Phi) is 3.69. The molecule has 1 saturated carbocycles. The van der Waals surface area contributed by atoms with E-state index in [9.17, 15) is 14.7 Å². The summed E-state index contributed by atoms with van der Waals surface area (Å²) in [5.41, 5.74) is 0.576. The Morgan fingerprint density at radius 1 is 1.39 bits per heavy atom. The van der Waals surface area contributed by atoms with Crippen molar-refractivity contribution in [2.45, 2.75) is 50.7 Å². The number of rotatable bonds is 3. The molecule has 0 spiro atoms. The van der Waals surface area contributed by atoms with Crippen LogP contribution in [0.4, 0.5) is 0 Å². The molecule has 3 heterocycles. The Morgan fingerprint density at radius 3 is 3.04 bits per heavy atom. The van der Waals surface area contributed by atoms with Gasteiger partial charge in [0.15, 0.2) is 4.96 Å². The fourth-order valence-corrected chi connectivity index (χ4v) is 4.92. The maximum Gasteiger partial charge on any atom is 0.320 e. The van der Waals surface area contributed by atoms with Gasteiger partial charge in [-0.2, -0.15) is 0 Å². The third-order valence-electron chi connectivity index (χ3n) is 5.21. The molecule has 4 rings (SSSR count). The number of nitrogens with zero attached hydrogens (tertiary/aromatic N) is 3. The van der Waals surface area contributed by atoms with Gasteiger partial charge in [0.1, 0.15) is 6.04 Å². The zero-order chi connectivity index (χ0) is 16.0. The highest BCUT2D eigenvalue weighted by Crippen LogP contribution is 2.40. The number of carboxylic acids is 1. The lowest BCUT2D eigenvalue weighted by molar-refractivity contribution is -0.142. The highest BCUT2D eigenvalue weighted by molar-refractivity contribution is 7.15. The molecule has 0 aromatic carbocycles. The summed E-state index contributed by atoms with van der Waals surface area (Å²) in [4.78, 5) is 31.1. The number of carbonyl (C=O) groups is 1. The van der Waals surface area contributed by atoms with Gasteiger partial charge in [0, 0.05) is 30.2 Å². The van der Waals surface area contributed by atoms with Crippen LogP contribution in [0.1, 0.15) is 37.8 Å². The maximum absolute atomic E-state index is 12.1. The predicted octanol–water partition coefficient (Wildman–Crippen LogP) is 1.97. The van der Waals surface area contributed by atoms with E-state index in [1.807, 2.05) is 5.38 Å². The Hall–Kier alpha value is -1.73. The molecule has 1 aliphatic heterocycles. The first kappa shape index (κ1) is 14.8. The molecule has 122 valence electrons.